The fourth-order valence-electron chi connectivity index (χ4n) is 2.57. The highest BCUT2D eigenvalue weighted by molar-refractivity contribution is 6.42. The van der Waals surface area contributed by atoms with Crippen molar-refractivity contribution >= 4 is 29.1 Å². The lowest BCUT2D eigenvalue weighted by Gasteiger charge is -2.31. The van der Waals surface area contributed by atoms with E-state index in [1.165, 1.54) is 0 Å². The third kappa shape index (κ3) is 4.77. The number of halogens is 2. The molecule has 1 heterocycles. The largest absolute Gasteiger partial charge is 0.492 e. The molecule has 122 valence electrons. The van der Waals surface area contributed by atoms with Gasteiger partial charge in [-0.25, -0.2) is 0 Å². The van der Waals surface area contributed by atoms with E-state index in [1.54, 1.807) is 18.2 Å². The maximum absolute atomic E-state index is 12.2. The normalized spacial score (nSPS) is 15.6. The number of rotatable bonds is 6. The molecule has 0 unspecified atom stereocenters. The van der Waals surface area contributed by atoms with Gasteiger partial charge in [0.25, 0.3) is 0 Å². The number of piperidine rings is 1. The van der Waals surface area contributed by atoms with Crippen LogP contribution >= 0.6 is 23.2 Å². The van der Waals surface area contributed by atoms with Crippen LogP contribution in [0.1, 0.15) is 25.7 Å². The van der Waals surface area contributed by atoms with E-state index < -0.39 is 0 Å². The van der Waals surface area contributed by atoms with Crippen LogP contribution in [0, 0.1) is 0 Å². The monoisotopic (exact) mass is 344 g/mol. The Hall–Kier alpha value is -0.970. The zero-order valence-corrected chi connectivity index (χ0v) is 14.3. The molecule has 1 amide bonds. The summed E-state index contributed by atoms with van der Waals surface area (Å²) in [5, 5.41) is 4.20. The van der Waals surface area contributed by atoms with Gasteiger partial charge in [0.2, 0.25) is 5.91 Å². The summed E-state index contributed by atoms with van der Waals surface area (Å²) < 4.78 is 5.60. The molecule has 6 heteroatoms. The summed E-state index contributed by atoms with van der Waals surface area (Å²) in [7, 11) is 1.90. The fourth-order valence-corrected chi connectivity index (χ4v) is 2.92. The van der Waals surface area contributed by atoms with Crippen LogP contribution in [0.2, 0.25) is 10.0 Å². The molecule has 0 aliphatic carbocycles. The minimum atomic E-state index is 0.174. The summed E-state index contributed by atoms with van der Waals surface area (Å²) in [6.45, 7) is 2.42. The molecule has 1 saturated heterocycles. The molecule has 0 spiro atoms. The highest BCUT2D eigenvalue weighted by Gasteiger charge is 2.21. The fraction of sp³-hybridized carbons (Fsp3) is 0.562. The van der Waals surface area contributed by atoms with Crippen LogP contribution in [-0.2, 0) is 4.79 Å². The van der Waals surface area contributed by atoms with Gasteiger partial charge in [0.05, 0.1) is 11.6 Å². The number of carbonyl (C=O) groups excluding carboxylic acids is 1. The molecule has 1 aromatic rings. The summed E-state index contributed by atoms with van der Waals surface area (Å²) in [6.07, 6.45) is 3.20. The van der Waals surface area contributed by atoms with Gasteiger partial charge in [0.1, 0.15) is 10.8 Å². The molecule has 1 fully saturated rings. The Morgan fingerprint density at radius 3 is 2.82 bits per heavy atom. The summed E-state index contributed by atoms with van der Waals surface area (Å²) in [6, 6.07) is 5.64. The lowest BCUT2D eigenvalue weighted by molar-refractivity contribution is -0.132. The van der Waals surface area contributed by atoms with Gasteiger partial charge >= 0.3 is 0 Å². The zero-order chi connectivity index (χ0) is 15.9. The van der Waals surface area contributed by atoms with E-state index in [2.05, 4.69) is 5.32 Å². The minimum Gasteiger partial charge on any atom is -0.492 e. The number of nitrogens with zero attached hydrogens (tertiary/aromatic N) is 1. The summed E-state index contributed by atoms with van der Waals surface area (Å²) in [5.74, 6) is 0.737. The molecule has 1 aliphatic heterocycles. The topological polar surface area (TPSA) is 41.6 Å². The molecule has 22 heavy (non-hydrogen) atoms. The van der Waals surface area contributed by atoms with Crippen molar-refractivity contribution in [1.82, 2.24) is 10.2 Å². The van der Waals surface area contributed by atoms with E-state index in [1.807, 2.05) is 11.9 Å². The number of amides is 1. The summed E-state index contributed by atoms with van der Waals surface area (Å²) in [4.78, 5) is 14.1. The Balaban J connectivity index is 1.71. The number of benzene rings is 1. The predicted octanol–water partition coefficient (Wildman–Crippen LogP) is 3.36. The first kappa shape index (κ1) is 17.4. The molecule has 0 saturated carbocycles. The van der Waals surface area contributed by atoms with Crippen LogP contribution < -0.4 is 10.1 Å². The molecule has 0 aromatic heterocycles. The van der Waals surface area contributed by atoms with Crippen molar-refractivity contribution in [3.63, 3.8) is 0 Å². The Bertz CT molecular complexity index is 505. The molecule has 0 bridgehead atoms. The van der Waals surface area contributed by atoms with Crippen LogP contribution in [0.4, 0.5) is 0 Å². The average Bonchev–Trinajstić information content (AvgIpc) is 2.55. The number of carbonyl (C=O) groups is 1. The van der Waals surface area contributed by atoms with Crippen molar-refractivity contribution in [2.24, 2.45) is 0 Å². The zero-order valence-electron chi connectivity index (χ0n) is 12.8. The van der Waals surface area contributed by atoms with Crippen LogP contribution in [0.25, 0.3) is 0 Å². The van der Waals surface area contributed by atoms with Crippen molar-refractivity contribution in [3.8, 4) is 5.75 Å². The molecule has 4 nitrogen and oxygen atoms in total. The van der Waals surface area contributed by atoms with Gasteiger partial charge in [-0.2, -0.15) is 0 Å². The lowest BCUT2D eigenvalue weighted by atomic mass is 10.0. The van der Waals surface area contributed by atoms with E-state index in [0.29, 0.717) is 41.3 Å². The SMILES string of the molecule is CN(C(=O)CCCOc1cccc(Cl)c1Cl)C1CCNCC1. The van der Waals surface area contributed by atoms with Gasteiger partial charge in [-0.15, -0.1) is 0 Å². The van der Waals surface area contributed by atoms with E-state index in [4.69, 9.17) is 27.9 Å². The van der Waals surface area contributed by atoms with Crippen molar-refractivity contribution in [2.45, 2.75) is 31.7 Å². The van der Waals surface area contributed by atoms with Crippen molar-refractivity contribution in [2.75, 3.05) is 26.7 Å². The maximum Gasteiger partial charge on any atom is 0.222 e. The van der Waals surface area contributed by atoms with Gasteiger partial charge in [-0.05, 0) is 44.5 Å². The Morgan fingerprint density at radius 2 is 2.09 bits per heavy atom. The maximum atomic E-state index is 12.2. The van der Waals surface area contributed by atoms with E-state index in [9.17, 15) is 4.79 Å². The molecule has 0 radical (unpaired) electrons. The van der Waals surface area contributed by atoms with Gasteiger partial charge in [-0.3, -0.25) is 4.79 Å². The second kappa shape index (κ2) is 8.61. The minimum absolute atomic E-state index is 0.174. The van der Waals surface area contributed by atoms with Gasteiger partial charge in [-0.1, -0.05) is 29.3 Å². The molecule has 2 rings (SSSR count). The first-order valence-corrected chi connectivity index (χ1v) is 8.38. The molecule has 1 N–H and O–H groups in total. The highest BCUT2D eigenvalue weighted by atomic mass is 35.5. The van der Waals surface area contributed by atoms with Gasteiger partial charge in [0.15, 0.2) is 0 Å². The first-order valence-electron chi connectivity index (χ1n) is 7.63. The summed E-state index contributed by atoms with van der Waals surface area (Å²) >= 11 is 12.0. The van der Waals surface area contributed by atoms with Crippen LogP contribution in [-0.4, -0.2) is 43.6 Å². The van der Waals surface area contributed by atoms with E-state index in [0.717, 1.165) is 25.9 Å². The second-order valence-corrected chi connectivity index (χ2v) is 6.27. The Morgan fingerprint density at radius 1 is 1.36 bits per heavy atom. The molecule has 0 atom stereocenters. The van der Waals surface area contributed by atoms with Crippen molar-refractivity contribution < 1.29 is 9.53 Å². The van der Waals surface area contributed by atoms with Gasteiger partial charge < -0.3 is 15.0 Å². The van der Waals surface area contributed by atoms with Crippen LogP contribution in [0.3, 0.4) is 0 Å². The Kier molecular flexibility index (Phi) is 6.80. The standard InChI is InChI=1S/C16H22Cl2N2O2/c1-20(12-7-9-19-10-8-12)15(21)6-3-11-22-14-5-2-4-13(17)16(14)18/h2,4-5,12,19H,3,6-11H2,1H3. The molecule has 1 aliphatic rings. The van der Waals surface area contributed by atoms with E-state index >= 15 is 0 Å². The number of hydrogen-bond donors (Lipinski definition) is 1. The second-order valence-electron chi connectivity index (χ2n) is 5.49. The molecular formula is C16H22Cl2N2O2. The smallest absolute Gasteiger partial charge is 0.222 e. The lowest BCUT2D eigenvalue weighted by Crippen LogP contribution is -2.43. The van der Waals surface area contributed by atoms with Crippen LogP contribution in [0.15, 0.2) is 18.2 Å². The third-order valence-electron chi connectivity index (χ3n) is 3.96. The number of nitrogens with one attached hydrogen (secondary N) is 1. The van der Waals surface area contributed by atoms with Gasteiger partial charge in [0, 0.05) is 19.5 Å². The molecular weight excluding hydrogens is 323 g/mol. The van der Waals surface area contributed by atoms with Crippen LogP contribution in [0.5, 0.6) is 5.75 Å². The number of ether oxygens (including phenoxy) is 1. The van der Waals surface area contributed by atoms with Crippen molar-refractivity contribution in [1.29, 1.82) is 0 Å². The van der Waals surface area contributed by atoms with E-state index in [-0.39, 0.29) is 5.91 Å². The molecule has 1 aromatic carbocycles. The first-order chi connectivity index (χ1) is 10.6. The quantitative estimate of drug-likeness (QED) is 0.804. The average molecular weight is 345 g/mol. The third-order valence-corrected chi connectivity index (χ3v) is 4.76. The predicted molar refractivity (Wildman–Crippen MR) is 89.9 cm³/mol. The highest BCUT2D eigenvalue weighted by Crippen LogP contribution is 2.31. The number of hydrogen-bond acceptors (Lipinski definition) is 3. The van der Waals surface area contributed by atoms with Crippen molar-refractivity contribution in [3.05, 3.63) is 28.2 Å². The Labute approximate surface area is 141 Å². The summed E-state index contributed by atoms with van der Waals surface area (Å²) in [5.41, 5.74) is 0.